The van der Waals surface area contributed by atoms with Crippen molar-refractivity contribution in [3.05, 3.63) is 29.3 Å². The molecule has 2 nitrogen and oxygen atoms in total. The third-order valence-electron chi connectivity index (χ3n) is 3.80. The van der Waals surface area contributed by atoms with Crippen molar-refractivity contribution in [3.8, 4) is 0 Å². The Labute approximate surface area is 105 Å². The minimum absolute atomic E-state index is 0.810. The van der Waals surface area contributed by atoms with Crippen molar-refractivity contribution < 1.29 is 0 Å². The molecular formula is C15H24N2. The van der Waals surface area contributed by atoms with Crippen LogP contribution in [-0.2, 0) is 6.42 Å². The van der Waals surface area contributed by atoms with Gasteiger partial charge in [0.2, 0.25) is 0 Å². The molecule has 2 rings (SSSR count). The molecule has 0 amide bonds. The van der Waals surface area contributed by atoms with Crippen molar-refractivity contribution >= 4 is 5.69 Å². The van der Waals surface area contributed by atoms with Gasteiger partial charge in [-0.2, -0.15) is 0 Å². The van der Waals surface area contributed by atoms with E-state index in [1.807, 2.05) is 7.05 Å². The monoisotopic (exact) mass is 232 g/mol. The summed E-state index contributed by atoms with van der Waals surface area (Å²) in [5, 5.41) is 3.30. The summed E-state index contributed by atoms with van der Waals surface area (Å²) in [5.74, 6) is 0.810. The Bertz CT molecular complexity index is 373. The Hall–Kier alpha value is -1.02. The number of hydrogen-bond donors (Lipinski definition) is 1. The van der Waals surface area contributed by atoms with Crippen molar-refractivity contribution in [1.82, 2.24) is 5.32 Å². The fraction of sp³-hybridized carbons (Fsp3) is 0.600. The number of anilines is 1. The summed E-state index contributed by atoms with van der Waals surface area (Å²) in [6.07, 6.45) is 2.45. The van der Waals surface area contributed by atoms with Gasteiger partial charge in [0, 0.05) is 18.8 Å². The van der Waals surface area contributed by atoms with Crippen LogP contribution in [0.2, 0.25) is 0 Å². The average molecular weight is 232 g/mol. The van der Waals surface area contributed by atoms with Crippen LogP contribution in [-0.4, -0.2) is 26.7 Å². The lowest BCUT2D eigenvalue weighted by atomic mass is 10.0. The van der Waals surface area contributed by atoms with Crippen LogP contribution in [0.3, 0.4) is 0 Å². The van der Waals surface area contributed by atoms with Crippen LogP contribution in [0.15, 0.2) is 18.2 Å². The molecule has 94 valence electrons. The predicted molar refractivity (Wildman–Crippen MR) is 74.8 cm³/mol. The maximum atomic E-state index is 3.30. The van der Waals surface area contributed by atoms with Gasteiger partial charge in [0.1, 0.15) is 0 Å². The summed E-state index contributed by atoms with van der Waals surface area (Å²) in [6.45, 7) is 8.05. The molecule has 1 unspecified atom stereocenters. The van der Waals surface area contributed by atoms with Crippen LogP contribution in [0, 0.1) is 12.8 Å². The minimum atomic E-state index is 0.810. The van der Waals surface area contributed by atoms with Crippen molar-refractivity contribution in [2.24, 2.45) is 5.92 Å². The first-order valence-electron chi connectivity index (χ1n) is 6.74. The highest BCUT2D eigenvalue weighted by Crippen LogP contribution is 2.30. The topological polar surface area (TPSA) is 15.3 Å². The lowest BCUT2D eigenvalue weighted by Gasteiger charge is -2.24. The number of para-hydroxylation sites is 1. The molecule has 0 spiro atoms. The second-order valence-electron chi connectivity index (χ2n) is 5.09. The first-order chi connectivity index (χ1) is 8.26. The van der Waals surface area contributed by atoms with Crippen LogP contribution in [0.25, 0.3) is 0 Å². The zero-order chi connectivity index (χ0) is 12.3. The SMILES string of the molecule is CCc1cccc(C)c1N1CCC(CNC)C1. The highest BCUT2D eigenvalue weighted by Gasteiger charge is 2.24. The minimum Gasteiger partial charge on any atom is -0.371 e. The van der Waals surface area contributed by atoms with E-state index < -0.39 is 0 Å². The summed E-state index contributed by atoms with van der Waals surface area (Å²) < 4.78 is 0. The van der Waals surface area contributed by atoms with E-state index in [4.69, 9.17) is 0 Å². The summed E-state index contributed by atoms with van der Waals surface area (Å²) in [4.78, 5) is 2.58. The van der Waals surface area contributed by atoms with Gasteiger partial charge in [0.05, 0.1) is 0 Å². The molecule has 1 saturated heterocycles. The molecule has 0 bridgehead atoms. The first kappa shape index (κ1) is 12.4. The van der Waals surface area contributed by atoms with Gasteiger partial charge in [-0.05, 0) is 50.4 Å². The van der Waals surface area contributed by atoms with Gasteiger partial charge in [-0.25, -0.2) is 0 Å². The highest BCUT2D eigenvalue weighted by molar-refractivity contribution is 5.60. The van der Waals surface area contributed by atoms with Crippen LogP contribution in [0.4, 0.5) is 5.69 Å². The summed E-state index contributed by atoms with van der Waals surface area (Å²) in [6, 6.07) is 6.69. The predicted octanol–water partition coefficient (Wildman–Crippen LogP) is 2.60. The molecule has 1 atom stereocenters. The first-order valence-corrected chi connectivity index (χ1v) is 6.74. The molecule has 1 aromatic rings. The largest absolute Gasteiger partial charge is 0.371 e. The molecule has 0 radical (unpaired) electrons. The van der Waals surface area contributed by atoms with Gasteiger partial charge in [-0.1, -0.05) is 25.1 Å². The van der Waals surface area contributed by atoms with E-state index >= 15 is 0 Å². The molecule has 1 heterocycles. The Morgan fingerprint density at radius 2 is 2.24 bits per heavy atom. The smallest absolute Gasteiger partial charge is 0.0428 e. The average Bonchev–Trinajstić information content (AvgIpc) is 2.77. The maximum Gasteiger partial charge on any atom is 0.0428 e. The fourth-order valence-electron chi connectivity index (χ4n) is 2.95. The van der Waals surface area contributed by atoms with Gasteiger partial charge in [0.25, 0.3) is 0 Å². The van der Waals surface area contributed by atoms with E-state index in [2.05, 4.69) is 42.3 Å². The number of hydrogen-bond acceptors (Lipinski definition) is 2. The molecule has 0 aromatic heterocycles. The van der Waals surface area contributed by atoms with Gasteiger partial charge in [-0.3, -0.25) is 0 Å². The zero-order valence-corrected chi connectivity index (χ0v) is 11.3. The number of aryl methyl sites for hydroxylation is 2. The standard InChI is InChI=1S/C15H24N2/c1-4-14-7-5-6-12(2)15(14)17-9-8-13(11-17)10-16-3/h5-7,13,16H,4,8-11H2,1-3H3. The lowest BCUT2D eigenvalue weighted by Crippen LogP contribution is -2.25. The van der Waals surface area contributed by atoms with Crippen LogP contribution in [0.5, 0.6) is 0 Å². The Kier molecular flexibility index (Phi) is 4.06. The van der Waals surface area contributed by atoms with Gasteiger partial charge >= 0.3 is 0 Å². The molecule has 2 heteroatoms. The van der Waals surface area contributed by atoms with E-state index in [1.54, 1.807) is 0 Å². The van der Waals surface area contributed by atoms with E-state index in [9.17, 15) is 0 Å². The van der Waals surface area contributed by atoms with E-state index in [1.165, 1.54) is 36.3 Å². The second kappa shape index (κ2) is 5.54. The third-order valence-corrected chi connectivity index (χ3v) is 3.80. The fourth-order valence-corrected chi connectivity index (χ4v) is 2.95. The molecule has 0 aliphatic carbocycles. The quantitative estimate of drug-likeness (QED) is 0.858. The van der Waals surface area contributed by atoms with E-state index in [0.29, 0.717) is 0 Å². The van der Waals surface area contributed by atoms with Crippen molar-refractivity contribution in [1.29, 1.82) is 0 Å². The Morgan fingerprint density at radius 1 is 1.41 bits per heavy atom. The highest BCUT2D eigenvalue weighted by atomic mass is 15.2. The van der Waals surface area contributed by atoms with Crippen molar-refractivity contribution in [2.75, 3.05) is 31.6 Å². The molecular weight excluding hydrogens is 208 g/mol. The van der Waals surface area contributed by atoms with Crippen molar-refractivity contribution in [3.63, 3.8) is 0 Å². The summed E-state index contributed by atoms with van der Waals surface area (Å²) in [5.41, 5.74) is 4.41. The molecule has 1 aliphatic rings. The number of nitrogens with zero attached hydrogens (tertiary/aromatic N) is 1. The number of nitrogens with one attached hydrogen (secondary N) is 1. The van der Waals surface area contributed by atoms with Gasteiger partial charge in [-0.15, -0.1) is 0 Å². The Morgan fingerprint density at radius 3 is 2.94 bits per heavy atom. The normalized spacial score (nSPS) is 19.9. The second-order valence-corrected chi connectivity index (χ2v) is 5.09. The van der Waals surface area contributed by atoms with Crippen LogP contribution >= 0.6 is 0 Å². The number of rotatable bonds is 4. The van der Waals surface area contributed by atoms with E-state index in [0.717, 1.165) is 18.9 Å². The molecule has 1 fully saturated rings. The third kappa shape index (κ3) is 2.63. The molecule has 17 heavy (non-hydrogen) atoms. The lowest BCUT2D eigenvalue weighted by molar-refractivity contribution is 0.549. The van der Waals surface area contributed by atoms with E-state index in [-0.39, 0.29) is 0 Å². The Balaban J connectivity index is 2.18. The molecule has 1 aliphatic heterocycles. The maximum absolute atomic E-state index is 3.30. The van der Waals surface area contributed by atoms with Crippen LogP contribution in [0.1, 0.15) is 24.5 Å². The summed E-state index contributed by atoms with van der Waals surface area (Å²) >= 11 is 0. The number of benzene rings is 1. The molecule has 1 N–H and O–H groups in total. The molecule has 1 aromatic carbocycles. The molecule has 0 saturated carbocycles. The summed E-state index contributed by atoms with van der Waals surface area (Å²) in [7, 11) is 2.05. The van der Waals surface area contributed by atoms with Crippen molar-refractivity contribution in [2.45, 2.75) is 26.7 Å². The van der Waals surface area contributed by atoms with Crippen LogP contribution < -0.4 is 10.2 Å². The van der Waals surface area contributed by atoms with Gasteiger partial charge in [0.15, 0.2) is 0 Å². The zero-order valence-electron chi connectivity index (χ0n) is 11.3. The van der Waals surface area contributed by atoms with Gasteiger partial charge < -0.3 is 10.2 Å².